The summed E-state index contributed by atoms with van der Waals surface area (Å²) in [6, 6.07) is 42.9. The minimum absolute atomic E-state index is 0. The second-order valence-corrected chi connectivity index (χ2v) is 30.7. The highest BCUT2D eigenvalue weighted by Crippen LogP contribution is 2.29. The van der Waals surface area contributed by atoms with E-state index < -0.39 is 36.1 Å². The van der Waals surface area contributed by atoms with E-state index in [-0.39, 0.29) is 80.5 Å². The van der Waals surface area contributed by atoms with Gasteiger partial charge in [0.05, 0.1) is 26.6 Å². The summed E-state index contributed by atoms with van der Waals surface area (Å²) in [5.74, 6) is -0.435. The number of anilines is 6. The lowest BCUT2D eigenvalue weighted by molar-refractivity contribution is -0.135. The molecule has 542 valence electrons. The standard InChI is InChI=1S/C25H25FN6O3S.C24H24FN5O3S2.C22H22ClN5O3S.4H2/c1-18(32-13-10-19-4-2-5-22(26)23(19)32)24(33)31-16-14-30(15-17-31)20-6-8-21(9-7-20)36(34,35)29-25-27-11-3-12-28-25;1-17-15-28(20-3-5-21(6-4-20)35(32,33)27-24-26-9-13-34-24)11-12-30(17)23(31)16-29-10-8-18-14-19(25)2-7-22(18)29;23-20-4-2-1-3-17(20)15-22(29)28-13-11-27(12-14-28)18-5-7-19(8-6-18)32(30,31)26-21-9-10-24-16-25-21;;;;/h2-13,18H,14-17H2,1H3,(H,27,28,29);2-10,13-14,17H,11-12,15-16H2,1H3,(H,26,27);1-10,16H,11-15H2,(H,24,25,26);4*1H/t18-;17-;;;;;/m00...../s1. The van der Waals surface area contributed by atoms with Gasteiger partial charge in [-0.05, 0) is 147 Å². The van der Waals surface area contributed by atoms with E-state index in [9.17, 15) is 48.4 Å². The molecule has 0 saturated carbocycles. The van der Waals surface area contributed by atoms with Gasteiger partial charge in [0, 0.05) is 165 Å². The molecule has 14 rings (SSSR count). The number of hydrogen-bond acceptors (Lipinski definition) is 18. The van der Waals surface area contributed by atoms with Gasteiger partial charge in [-0.2, -0.15) is 0 Å². The van der Waals surface area contributed by atoms with Crippen LogP contribution < -0.4 is 28.9 Å². The Morgan fingerprint density at radius 1 is 0.583 bits per heavy atom. The van der Waals surface area contributed by atoms with Crippen LogP contribution in [0.1, 0.15) is 31.2 Å². The number of nitrogens with one attached hydrogen (secondary N) is 3. The van der Waals surface area contributed by atoms with Crippen molar-refractivity contribution in [1.82, 2.24) is 48.8 Å². The van der Waals surface area contributed by atoms with E-state index in [0.717, 1.165) is 38.9 Å². The molecule has 0 aliphatic carbocycles. The first-order valence-electron chi connectivity index (χ1n) is 32.7. The molecule has 6 aromatic carbocycles. The Kier molecular flexibility index (Phi) is 22.2. The first kappa shape index (κ1) is 72.2. The Balaban J connectivity index is 0.000000199. The first-order valence-corrected chi connectivity index (χ1v) is 38.4. The van der Waals surface area contributed by atoms with Crippen molar-refractivity contribution >= 4 is 126 Å². The van der Waals surface area contributed by atoms with Crippen LogP contribution in [0.5, 0.6) is 0 Å². The predicted octanol–water partition coefficient (Wildman–Crippen LogP) is 10.9. The van der Waals surface area contributed by atoms with Gasteiger partial charge in [-0.1, -0.05) is 41.9 Å². The van der Waals surface area contributed by atoms with Crippen molar-refractivity contribution in [2.75, 3.05) is 101 Å². The molecule has 3 aliphatic rings. The van der Waals surface area contributed by atoms with Crippen LogP contribution in [0.25, 0.3) is 21.8 Å². The maximum Gasteiger partial charge on any atom is 0.264 e. The molecule has 5 aromatic heterocycles. The molecule has 3 amide bonds. The van der Waals surface area contributed by atoms with Crippen LogP contribution in [0.4, 0.5) is 42.7 Å². The molecule has 32 heteroatoms. The Labute approximate surface area is 609 Å². The highest BCUT2D eigenvalue weighted by Gasteiger charge is 2.31. The molecule has 0 bridgehead atoms. The monoisotopic (exact) mass is 1500 g/mol. The summed E-state index contributed by atoms with van der Waals surface area (Å²) < 4.78 is 114. The van der Waals surface area contributed by atoms with Crippen molar-refractivity contribution < 1.29 is 54.1 Å². The van der Waals surface area contributed by atoms with Crippen LogP contribution in [0, 0.1) is 11.6 Å². The Morgan fingerprint density at radius 2 is 1.17 bits per heavy atom. The molecule has 3 N–H and O–H groups in total. The highest BCUT2D eigenvalue weighted by atomic mass is 35.5. The third kappa shape index (κ3) is 17.5. The van der Waals surface area contributed by atoms with Gasteiger partial charge in [0.1, 0.15) is 36.4 Å². The van der Waals surface area contributed by atoms with E-state index in [1.54, 1.807) is 119 Å². The Morgan fingerprint density at radius 3 is 1.78 bits per heavy atom. The van der Waals surface area contributed by atoms with Crippen LogP contribution in [0.3, 0.4) is 0 Å². The lowest BCUT2D eigenvalue weighted by atomic mass is 10.1. The minimum Gasteiger partial charge on any atom is -0.368 e. The van der Waals surface area contributed by atoms with Crippen LogP contribution in [0.15, 0.2) is 221 Å². The van der Waals surface area contributed by atoms with Crippen LogP contribution >= 0.6 is 22.9 Å². The zero-order valence-electron chi connectivity index (χ0n) is 55.7. The molecule has 8 heterocycles. The van der Waals surface area contributed by atoms with Gasteiger partial charge in [0.15, 0.2) is 5.13 Å². The smallest absolute Gasteiger partial charge is 0.264 e. The number of piperazine rings is 3. The van der Waals surface area contributed by atoms with E-state index in [1.165, 1.54) is 72.7 Å². The summed E-state index contributed by atoms with van der Waals surface area (Å²) in [5, 5.41) is 4.15. The zero-order chi connectivity index (χ0) is 72.4. The molecule has 25 nitrogen and oxygen atoms in total. The molecule has 0 unspecified atom stereocenters. The number of amides is 3. The number of thiazole rings is 1. The second kappa shape index (κ2) is 31.7. The van der Waals surface area contributed by atoms with Crippen molar-refractivity contribution in [3.05, 3.63) is 229 Å². The van der Waals surface area contributed by atoms with Crippen LogP contribution in [-0.4, -0.2) is 170 Å². The van der Waals surface area contributed by atoms with Gasteiger partial charge in [0.2, 0.25) is 23.7 Å². The number of para-hydroxylation sites is 1. The van der Waals surface area contributed by atoms with Crippen LogP contribution in [0.2, 0.25) is 5.02 Å². The third-order valence-corrected chi connectivity index (χ3v) is 23.0. The molecule has 2 atom stereocenters. The molecule has 3 fully saturated rings. The van der Waals surface area contributed by atoms with Gasteiger partial charge in [-0.15, -0.1) is 11.3 Å². The van der Waals surface area contributed by atoms with E-state index >= 15 is 0 Å². The molecule has 11 aromatic rings. The molecule has 0 spiro atoms. The summed E-state index contributed by atoms with van der Waals surface area (Å²) in [6.07, 6.45) is 11.0. The van der Waals surface area contributed by atoms with Crippen molar-refractivity contribution in [2.45, 2.75) is 53.6 Å². The molecule has 0 radical (unpaired) electrons. The van der Waals surface area contributed by atoms with Gasteiger partial charge < -0.3 is 38.5 Å². The van der Waals surface area contributed by atoms with Crippen molar-refractivity contribution in [3.8, 4) is 0 Å². The number of aromatic nitrogens is 7. The molecule has 103 heavy (non-hydrogen) atoms. The van der Waals surface area contributed by atoms with Crippen molar-refractivity contribution in [1.29, 1.82) is 0 Å². The molecular formula is C71H79ClF2N16O9S4. The summed E-state index contributed by atoms with van der Waals surface area (Å²) in [7, 11) is -11.2. The fourth-order valence-corrected chi connectivity index (χ4v) is 16.3. The van der Waals surface area contributed by atoms with Gasteiger partial charge in [-0.3, -0.25) is 23.8 Å². The topological polar surface area (TPSA) is 283 Å². The number of hydrogen-bond donors (Lipinski definition) is 3. The lowest BCUT2D eigenvalue weighted by Crippen LogP contribution is -2.54. The molecular weight excluding hydrogens is 1420 g/mol. The molecule has 3 aliphatic heterocycles. The normalized spacial score (nSPS) is 15.4. The first-order chi connectivity index (χ1) is 49.5. The zero-order valence-corrected chi connectivity index (χ0v) is 59.8. The van der Waals surface area contributed by atoms with E-state index in [4.69, 9.17) is 11.6 Å². The number of nitrogens with zero attached hydrogens (tertiary/aromatic N) is 13. The summed E-state index contributed by atoms with van der Waals surface area (Å²) in [4.78, 5) is 70.5. The SMILES string of the molecule is C[C@@H](C(=O)N1CCN(c2ccc(S(=O)(=O)Nc3ncccn3)cc2)CC1)n1ccc2cccc(F)c21.C[C@H]1CN(c2ccc(S(=O)(=O)Nc3nccs3)cc2)CCN1C(=O)Cn1ccc2cc(F)ccc21.O=C(Cc1ccccc1Cl)N1CCN(c2ccc(S(=O)(=O)Nc3ccncn3)cc2)CC1.[HH].[HH].[HH].[HH]. The Hall–Kier alpha value is -10.6. The van der Waals surface area contributed by atoms with E-state index in [0.29, 0.717) is 87.7 Å². The number of benzene rings is 6. The maximum atomic E-state index is 14.4. The average molecular weight is 1500 g/mol. The quantitative estimate of drug-likeness (QED) is 0.0720. The summed E-state index contributed by atoms with van der Waals surface area (Å²) in [6.45, 7) is 10.6. The number of fused-ring (bicyclic) bond motifs is 2. The van der Waals surface area contributed by atoms with Crippen molar-refractivity contribution in [3.63, 3.8) is 0 Å². The average Bonchev–Trinajstić information content (AvgIpc) is 0.984. The maximum absolute atomic E-state index is 14.4. The number of carbonyl (C=O) groups excluding carboxylic acids is 3. The van der Waals surface area contributed by atoms with Crippen molar-refractivity contribution in [2.24, 2.45) is 0 Å². The second-order valence-electron chi connectivity index (χ2n) is 24.4. The van der Waals surface area contributed by atoms with Crippen LogP contribution in [-0.2, 0) is 57.4 Å². The largest absolute Gasteiger partial charge is 0.368 e. The van der Waals surface area contributed by atoms with Gasteiger partial charge >= 0.3 is 0 Å². The third-order valence-electron chi connectivity index (χ3n) is 17.8. The van der Waals surface area contributed by atoms with E-state index in [1.807, 2.05) is 63.9 Å². The molecule has 3 saturated heterocycles. The number of carbonyl (C=O) groups is 3. The van der Waals surface area contributed by atoms with Gasteiger partial charge in [0.25, 0.3) is 30.1 Å². The number of rotatable bonds is 18. The number of halogens is 3. The highest BCUT2D eigenvalue weighted by molar-refractivity contribution is 7.93. The fourth-order valence-electron chi connectivity index (χ4n) is 12.3. The van der Waals surface area contributed by atoms with Gasteiger partial charge in [-0.25, -0.2) is 63.7 Å². The summed E-state index contributed by atoms with van der Waals surface area (Å²) >= 11 is 7.38. The van der Waals surface area contributed by atoms with E-state index in [2.05, 4.69) is 53.8 Å². The predicted molar refractivity (Wildman–Crippen MR) is 401 cm³/mol. The fraction of sp³-hybridized carbons (Fsp3) is 0.239. The Bertz CT molecular complexity index is 5160. The lowest BCUT2D eigenvalue weighted by Gasteiger charge is -2.41. The minimum atomic E-state index is -3.81. The number of sulfonamides is 3. The summed E-state index contributed by atoms with van der Waals surface area (Å²) in [5.41, 5.74) is 4.75.